The topological polar surface area (TPSA) is 63.2 Å². The lowest BCUT2D eigenvalue weighted by Crippen LogP contribution is -2.39. The van der Waals surface area contributed by atoms with E-state index in [4.69, 9.17) is 4.74 Å². The fourth-order valence-electron chi connectivity index (χ4n) is 3.37. The van der Waals surface area contributed by atoms with Gasteiger partial charge in [0.25, 0.3) is 0 Å². The van der Waals surface area contributed by atoms with Gasteiger partial charge in [0.05, 0.1) is 29.5 Å². The Kier molecular flexibility index (Phi) is 7.88. The van der Waals surface area contributed by atoms with E-state index in [2.05, 4.69) is 15.6 Å². The molecule has 3 aromatic rings. The molecular weight excluding hydrogens is 476 g/mol. The maximum Gasteiger partial charge on any atom is 0.418 e. The molecule has 1 aromatic heterocycles. The number of alkyl halides is 6. The number of carbonyl (C=O) groups excluding carboxylic acids is 1. The molecule has 2 amide bonds. The Labute approximate surface area is 197 Å². The van der Waals surface area contributed by atoms with Gasteiger partial charge in [-0.25, -0.2) is 4.79 Å². The number of para-hydroxylation sites is 1. The van der Waals surface area contributed by atoms with Crippen molar-refractivity contribution in [3.63, 3.8) is 0 Å². The first-order valence-corrected chi connectivity index (χ1v) is 10.4. The molecule has 0 bridgehead atoms. The molecule has 0 saturated carbocycles. The number of halogens is 6. The molecule has 0 aliphatic rings. The lowest BCUT2D eigenvalue weighted by atomic mass is 9.98. The van der Waals surface area contributed by atoms with Crippen molar-refractivity contribution in [1.29, 1.82) is 0 Å². The van der Waals surface area contributed by atoms with Crippen molar-refractivity contribution >= 4 is 6.03 Å². The molecule has 3 rings (SSSR count). The first-order chi connectivity index (χ1) is 16.5. The minimum Gasteiger partial charge on any atom is -0.494 e. The zero-order valence-corrected chi connectivity index (χ0v) is 18.4. The molecule has 2 N–H and O–H groups in total. The second-order valence-corrected chi connectivity index (χ2v) is 7.35. The van der Waals surface area contributed by atoms with Crippen LogP contribution in [0.1, 0.15) is 40.9 Å². The van der Waals surface area contributed by atoms with E-state index < -0.39 is 41.2 Å². The smallest absolute Gasteiger partial charge is 0.418 e. The molecule has 186 valence electrons. The summed E-state index contributed by atoms with van der Waals surface area (Å²) in [5.74, 6) is 0.527. The second kappa shape index (κ2) is 10.7. The Morgan fingerprint density at radius 3 is 2.26 bits per heavy atom. The van der Waals surface area contributed by atoms with Gasteiger partial charge in [0, 0.05) is 18.3 Å². The minimum atomic E-state index is -4.80. The monoisotopic (exact) mass is 497 g/mol. The van der Waals surface area contributed by atoms with Crippen molar-refractivity contribution in [2.45, 2.75) is 31.9 Å². The number of urea groups is 1. The highest BCUT2D eigenvalue weighted by atomic mass is 19.4. The number of nitrogens with one attached hydrogen (secondary N) is 2. The Morgan fingerprint density at radius 1 is 0.943 bits per heavy atom. The summed E-state index contributed by atoms with van der Waals surface area (Å²) >= 11 is 0. The third-order valence-electron chi connectivity index (χ3n) is 4.98. The zero-order valence-electron chi connectivity index (χ0n) is 18.4. The molecular formula is C24H21F6N3O2. The van der Waals surface area contributed by atoms with Crippen LogP contribution in [-0.4, -0.2) is 17.6 Å². The van der Waals surface area contributed by atoms with Crippen LogP contribution in [0.2, 0.25) is 0 Å². The summed E-state index contributed by atoms with van der Waals surface area (Å²) in [5.41, 5.74) is -2.03. The number of carbonyl (C=O) groups is 1. The molecule has 5 nitrogen and oxygen atoms in total. The molecule has 0 saturated heterocycles. The zero-order chi connectivity index (χ0) is 25.6. The predicted molar refractivity (Wildman–Crippen MR) is 116 cm³/mol. The lowest BCUT2D eigenvalue weighted by molar-refractivity contribution is -0.139. The number of ether oxygens (including phenoxy) is 1. The lowest BCUT2D eigenvalue weighted by Gasteiger charge is -2.23. The van der Waals surface area contributed by atoms with Crippen molar-refractivity contribution in [3.8, 4) is 5.75 Å². The molecule has 35 heavy (non-hydrogen) atoms. The van der Waals surface area contributed by atoms with Crippen LogP contribution in [0.4, 0.5) is 31.1 Å². The normalized spacial score (nSPS) is 12.7. The van der Waals surface area contributed by atoms with Crippen LogP contribution in [0, 0.1) is 0 Å². The average Bonchev–Trinajstić information content (AvgIpc) is 2.81. The van der Waals surface area contributed by atoms with Gasteiger partial charge < -0.3 is 15.4 Å². The van der Waals surface area contributed by atoms with Gasteiger partial charge in [-0.15, -0.1) is 0 Å². The van der Waals surface area contributed by atoms with E-state index in [1.807, 2.05) is 0 Å². The average molecular weight is 497 g/mol. The molecule has 0 aliphatic carbocycles. The molecule has 0 radical (unpaired) electrons. The van der Waals surface area contributed by atoms with Crippen molar-refractivity contribution in [2.75, 3.05) is 6.61 Å². The summed E-state index contributed by atoms with van der Waals surface area (Å²) in [6, 6.07) is 9.91. The third-order valence-corrected chi connectivity index (χ3v) is 4.98. The van der Waals surface area contributed by atoms with Gasteiger partial charge in [0.15, 0.2) is 0 Å². The van der Waals surface area contributed by atoms with E-state index >= 15 is 0 Å². The maximum absolute atomic E-state index is 13.6. The molecule has 0 fully saturated rings. The third kappa shape index (κ3) is 6.65. The number of benzene rings is 2. The van der Waals surface area contributed by atoms with Crippen LogP contribution in [0.15, 0.2) is 66.9 Å². The summed E-state index contributed by atoms with van der Waals surface area (Å²) in [7, 11) is 0. The van der Waals surface area contributed by atoms with E-state index in [1.54, 1.807) is 31.2 Å². The number of rotatable bonds is 7. The Bertz CT molecular complexity index is 1150. The molecule has 0 unspecified atom stereocenters. The van der Waals surface area contributed by atoms with Crippen molar-refractivity contribution in [2.24, 2.45) is 0 Å². The van der Waals surface area contributed by atoms with Crippen LogP contribution in [-0.2, 0) is 18.9 Å². The van der Waals surface area contributed by atoms with Gasteiger partial charge in [-0.3, -0.25) is 4.98 Å². The largest absolute Gasteiger partial charge is 0.494 e. The van der Waals surface area contributed by atoms with E-state index in [1.165, 1.54) is 0 Å². The summed E-state index contributed by atoms with van der Waals surface area (Å²) in [6.07, 6.45) is -8.32. The molecule has 11 heteroatoms. The van der Waals surface area contributed by atoms with Gasteiger partial charge in [-0.05, 0) is 42.8 Å². The van der Waals surface area contributed by atoms with Crippen LogP contribution in [0.25, 0.3) is 0 Å². The molecule has 0 aliphatic heterocycles. The van der Waals surface area contributed by atoms with E-state index in [9.17, 15) is 31.1 Å². The number of hydrogen-bond acceptors (Lipinski definition) is 3. The highest BCUT2D eigenvalue weighted by molar-refractivity contribution is 5.75. The van der Waals surface area contributed by atoms with Crippen molar-refractivity contribution < 1.29 is 35.9 Å². The maximum atomic E-state index is 13.6. The number of nitrogens with zero attached hydrogens (tertiary/aromatic N) is 1. The van der Waals surface area contributed by atoms with Crippen molar-refractivity contribution in [3.05, 3.63) is 94.8 Å². The van der Waals surface area contributed by atoms with E-state index in [0.717, 1.165) is 42.6 Å². The Balaban J connectivity index is 1.91. The standard InChI is InChI=1S/C24H21F6N3O2/c1-2-35-19-8-4-3-6-16(19)14-32-22(34)33-20(15-9-11-17(12-10-15)23(25,26)27)21-18(24(28,29)30)7-5-13-31-21/h3-13,20H,2,14H2,1H3,(H2,32,33,34)/t20-/m0/s1. The van der Waals surface area contributed by atoms with Crippen molar-refractivity contribution in [1.82, 2.24) is 15.6 Å². The Morgan fingerprint density at radius 2 is 1.63 bits per heavy atom. The van der Waals surface area contributed by atoms with Gasteiger partial charge in [-0.2, -0.15) is 26.3 Å². The molecule has 1 atom stereocenters. The summed E-state index contributed by atoms with van der Waals surface area (Å²) in [6.45, 7) is 2.17. The second-order valence-electron chi connectivity index (χ2n) is 7.35. The summed E-state index contributed by atoms with van der Waals surface area (Å²) in [4.78, 5) is 16.5. The van der Waals surface area contributed by atoms with Crippen LogP contribution in [0.5, 0.6) is 5.75 Å². The molecule has 1 heterocycles. The number of pyridine rings is 1. The molecule has 0 spiro atoms. The van der Waals surface area contributed by atoms with Gasteiger partial charge in [-0.1, -0.05) is 30.3 Å². The Hall–Kier alpha value is -3.76. The van der Waals surface area contributed by atoms with Crippen LogP contribution in [0.3, 0.4) is 0 Å². The van der Waals surface area contributed by atoms with E-state index in [0.29, 0.717) is 17.9 Å². The van der Waals surface area contributed by atoms with Gasteiger partial charge >= 0.3 is 18.4 Å². The highest BCUT2D eigenvalue weighted by Gasteiger charge is 2.37. The fraction of sp³-hybridized carbons (Fsp3) is 0.250. The fourth-order valence-corrected chi connectivity index (χ4v) is 3.37. The SMILES string of the molecule is CCOc1ccccc1CNC(=O)N[C@@H](c1ccc(C(F)(F)F)cc1)c1ncccc1C(F)(F)F. The first kappa shape index (κ1) is 25.9. The minimum absolute atomic E-state index is 0.00388. The first-order valence-electron chi connectivity index (χ1n) is 10.4. The number of aromatic nitrogens is 1. The highest BCUT2D eigenvalue weighted by Crippen LogP contribution is 2.36. The molecule has 2 aromatic carbocycles. The quantitative estimate of drug-likeness (QED) is 0.388. The predicted octanol–water partition coefficient (Wildman–Crippen LogP) is 6.11. The summed E-state index contributed by atoms with van der Waals surface area (Å²) in [5, 5.41) is 4.95. The number of hydrogen-bond donors (Lipinski definition) is 2. The number of amides is 2. The van der Waals surface area contributed by atoms with Crippen LogP contribution >= 0.6 is 0 Å². The summed E-state index contributed by atoms with van der Waals surface area (Å²) < 4.78 is 85.3. The van der Waals surface area contributed by atoms with Crippen LogP contribution < -0.4 is 15.4 Å². The van der Waals surface area contributed by atoms with Gasteiger partial charge in [0.2, 0.25) is 0 Å². The van der Waals surface area contributed by atoms with E-state index in [-0.39, 0.29) is 12.1 Å². The van der Waals surface area contributed by atoms with Gasteiger partial charge in [0.1, 0.15) is 5.75 Å².